The van der Waals surface area contributed by atoms with Gasteiger partial charge in [0, 0.05) is 30.9 Å². The molecule has 9 nitrogen and oxygen atoms in total. The van der Waals surface area contributed by atoms with Gasteiger partial charge in [-0.25, -0.2) is 18.2 Å². The van der Waals surface area contributed by atoms with Gasteiger partial charge in [-0.3, -0.25) is 4.79 Å². The molecule has 31 heavy (non-hydrogen) atoms. The number of nitrogens with zero attached hydrogens (tertiary/aromatic N) is 4. The van der Waals surface area contributed by atoms with E-state index in [9.17, 15) is 18.0 Å². The zero-order valence-electron chi connectivity index (χ0n) is 17.3. The van der Waals surface area contributed by atoms with Crippen molar-refractivity contribution in [3.05, 3.63) is 63.0 Å². The van der Waals surface area contributed by atoms with Crippen molar-refractivity contribution in [1.82, 2.24) is 18.9 Å². The van der Waals surface area contributed by atoms with E-state index in [0.29, 0.717) is 34.3 Å². The number of aromatic nitrogens is 3. The third-order valence-electron chi connectivity index (χ3n) is 4.39. The van der Waals surface area contributed by atoms with Crippen LogP contribution in [0.1, 0.15) is 30.1 Å². The van der Waals surface area contributed by atoms with E-state index in [1.165, 1.54) is 50.5 Å². The van der Waals surface area contributed by atoms with Crippen LogP contribution < -0.4 is 5.56 Å². The van der Waals surface area contributed by atoms with E-state index in [0.717, 1.165) is 0 Å². The summed E-state index contributed by atoms with van der Waals surface area (Å²) in [5.41, 5.74) is 0.959. The number of aryl methyl sites for hydroxylation is 1. The zero-order chi connectivity index (χ0) is 22.6. The molecule has 3 aromatic rings. The lowest BCUT2D eigenvalue weighted by atomic mass is 10.2. The number of hydrogen-bond donors (Lipinski definition) is 0. The van der Waals surface area contributed by atoms with Gasteiger partial charge in [0.2, 0.25) is 15.0 Å². The highest BCUT2D eigenvalue weighted by atomic mass is 32.2. The second-order valence-corrected chi connectivity index (χ2v) is 9.50. The largest absolute Gasteiger partial charge is 0.455 e. The van der Waals surface area contributed by atoms with Gasteiger partial charge in [-0.15, -0.1) is 0 Å². The fourth-order valence-electron chi connectivity index (χ4n) is 2.83. The minimum atomic E-state index is -3.52. The summed E-state index contributed by atoms with van der Waals surface area (Å²) in [6, 6.07) is 7.63. The molecule has 3 rings (SSSR count). The molecule has 0 spiro atoms. The quantitative estimate of drug-likeness (QED) is 0.373. The van der Waals surface area contributed by atoms with Crippen molar-refractivity contribution in [1.29, 1.82) is 0 Å². The van der Waals surface area contributed by atoms with Gasteiger partial charge in [-0.2, -0.15) is 13.9 Å². The van der Waals surface area contributed by atoms with E-state index >= 15 is 0 Å². The maximum atomic E-state index is 12.5. The summed E-state index contributed by atoms with van der Waals surface area (Å²) >= 11 is 1.17. The number of ether oxygens (including phenoxy) is 1. The molecular weight excluding hydrogens is 440 g/mol. The molecule has 0 saturated heterocycles. The van der Waals surface area contributed by atoms with Crippen molar-refractivity contribution in [2.45, 2.75) is 32.3 Å². The topological polar surface area (TPSA) is 111 Å². The van der Waals surface area contributed by atoms with E-state index in [4.69, 9.17) is 4.74 Å². The predicted molar refractivity (Wildman–Crippen MR) is 117 cm³/mol. The van der Waals surface area contributed by atoms with Crippen LogP contribution in [0, 0.1) is 6.92 Å². The average Bonchev–Trinajstić information content (AvgIpc) is 3.15. The lowest BCUT2D eigenvalue weighted by Gasteiger charge is -2.18. The van der Waals surface area contributed by atoms with Gasteiger partial charge in [0.05, 0.1) is 4.90 Å². The van der Waals surface area contributed by atoms with Crippen LogP contribution in [0.3, 0.4) is 0 Å². The highest BCUT2D eigenvalue weighted by molar-refractivity contribution is 7.89. The minimum Gasteiger partial charge on any atom is -0.455 e. The highest BCUT2D eigenvalue weighted by Gasteiger charge is 2.20. The predicted octanol–water partition coefficient (Wildman–Crippen LogP) is 2.25. The Hall–Kier alpha value is -2.89. The normalized spacial score (nSPS) is 12.1. The number of sulfonamides is 1. The first-order chi connectivity index (χ1) is 14.7. The van der Waals surface area contributed by atoms with Crippen molar-refractivity contribution in [3.8, 4) is 0 Å². The molecule has 0 amide bonds. The molecule has 164 valence electrons. The van der Waals surface area contributed by atoms with Crippen molar-refractivity contribution in [3.63, 3.8) is 0 Å². The third-order valence-corrected chi connectivity index (χ3v) is 7.33. The lowest BCUT2D eigenvalue weighted by molar-refractivity contribution is -0.138. The Bertz CT molecular complexity index is 1270. The van der Waals surface area contributed by atoms with E-state index in [-0.39, 0.29) is 17.1 Å². The highest BCUT2D eigenvalue weighted by Crippen LogP contribution is 2.17. The summed E-state index contributed by atoms with van der Waals surface area (Å²) in [7, 11) is -3.52. The number of hydrogen-bond acceptors (Lipinski definition) is 8. The molecule has 0 saturated carbocycles. The molecule has 0 bridgehead atoms. The number of fused-ring (bicyclic) bond motifs is 1. The molecule has 0 radical (unpaired) electrons. The van der Waals surface area contributed by atoms with Gasteiger partial charge in [0.15, 0.2) is 5.01 Å². The molecule has 0 aliphatic rings. The summed E-state index contributed by atoms with van der Waals surface area (Å²) in [6.45, 7) is 5.99. The SMILES string of the molecule is CCN(CC)S(=O)(=O)c1ccc(/C=C/C(=O)OCc2nn3c(=O)cc(C)nc3s2)cc1. The molecule has 0 aliphatic carbocycles. The number of esters is 1. The zero-order valence-corrected chi connectivity index (χ0v) is 18.9. The molecule has 0 fully saturated rings. The Morgan fingerprint density at radius 1 is 1.23 bits per heavy atom. The second kappa shape index (κ2) is 9.50. The summed E-state index contributed by atoms with van der Waals surface area (Å²) in [4.78, 5) is 28.7. The Morgan fingerprint density at radius 3 is 2.55 bits per heavy atom. The van der Waals surface area contributed by atoms with E-state index in [2.05, 4.69) is 10.1 Å². The molecule has 0 N–H and O–H groups in total. The number of rotatable bonds is 8. The second-order valence-electron chi connectivity index (χ2n) is 6.53. The third kappa shape index (κ3) is 5.24. The van der Waals surface area contributed by atoms with Crippen LogP contribution >= 0.6 is 11.3 Å². The first-order valence-corrected chi connectivity index (χ1v) is 11.8. The number of carbonyl (C=O) groups excluding carboxylic acids is 1. The summed E-state index contributed by atoms with van der Waals surface area (Å²) in [5.74, 6) is -0.587. The average molecular weight is 463 g/mol. The standard InChI is InChI=1S/C20H22N4O5S2/c1-4-23(5-2)31(27,28)16-9-6-15(7-10-16)8-11-19(26)29-13-17-22-24-18(25)12-14(3)21-20(24)30-17/h6-12H,4-5,13H2,1-3H3/b11-8+. The van der Waals surface area contributed by atoms with Crippen LogP contribution in [0.25, 0.3) is 11.0 Å². The first-order valence-electron chi connectivity index (χ1n) is 9.56. The van der Waals surface area contributed by atoms with Crippen LogP contribution in [0.2, 0.25) is 0 Å². The maximum absolute atomic E-state index is 12.5. The molecular formula is C20H22N4O5S2. The van der Waals surface area contributed by atoms with Gasteiger partial charge in [-0.1, -0.05) is 37.3 Å². The summed E-state index contributed by atoms with van der Waals surface area (Å²) in [5, 5.41) is 4.55. The monoisotopic (exact) mass is 462 g/mol. The van der Waals surface area contributed by atoms with Gasteiger partial charge in [0.25, 0.3) is 5.56 Å². The number of carbonyl (C=O) groups is 1. The fourth-order valence-corrected chi connectivity index (χ4v) is 5.14. The molecule has 0 aliphatic heterocycles. The van der Waals surface area contributed by atoms with E-state index in [1.807, 2.05) is 0 Å². The van der Waals surface area contributed by atoms with E-state index < -0.39 is 16.0 Å². The van der Waals surface area contributed by atoms with Crippen LogP contribution in [0.4, 0.5) is 0 Å². The molecule has 11 heteroatoms. The Kier molecular flexibility index (Phi) is 6.98. The Morgan fingerprint density at radius 2 is 1.90 bits per heavy atom. The minimum absolute atomic E-state index is 0.0866. The maximum Gasteiger partial charge on any atom is 0.331 e. The van der Waals surface area contributed by atoms with Gasteiger partial charge in [-0.05, 0) is 30.7 Å². The number of benzene rings is 1. The van der Waals surface area contributed by atoms with Crippen molar-refractivity contribution >= 4 is 38.4 Å². The van der Waals surface area contributed by atoms with Gasteiger partial charge in [0.1, 0.15) is 6.61 Å². The Labute approximate surface area is 183 Å². The summed E-state index contributed by atoms with van der Waals surface area (Å²) < 4.78 is 32.7. The summed E-state index contributed by atoms with van der Waals surface area (Å²) in [6.07, 6.45) is 2.78. The first kappa shape index (κ1) is 22.8. The van der Waals surface area contributed by atoms with Crippen LogP contribution in [0.15, 0.2) is 46.1 Å². The van der Waals surface area contributed by atoms with Gasteiger partial charge >= 0.3 is 5.97 Å². The molecule has 2 heterocycles. The molecule has 2 aromatic heterocycles. The smallest absolute Gasteiger partial charge is 0.331 e. The van der Waals surface area contributed by atoms with Crippen LogP contribution in [-0.2, 0) is 26.2 Å². The van der Waals surface area contributed by atoms with Crippen LogP contribution in [-0.4, -0.2) is 46.4 Å². The lowest BCUT2D eigenvalue weighted by Crippen LogP contribution is -2.30. The van der Waals surface area contributed by atoms with Crippen LogP contribution in [0.5, 0.6) is 0 Å². The van der Waals surface area contributed by atoms with Crippen molar-refractivity contribution in [2.24, 2.45) is 0 Å². The molecule has 0 atom stereocenters. The van der Waals surface area contributed by atoms with Crippen molar-refractivity contribution in [2.75, 3.05) is 13.1 Å². The molecule has 1 aromatic carbocycles. The van der Waals surface area contributed by atoms with Gasteiger partial charge < -0.3 is 4.74 Å². The van der Waals surface area contributed by atoms with Crippen molar-refractivity contribution < 1.29 is 17.9 Å². The molecule has 0 unspecified atom stereocenters. The van der Waals surface area contributed by atoms with E-state index in [1.54, 1.807) is 32.9 Å². The Balaban J connectivity index is 1.62. The fraction of sp³-hybridized carbons (Fsp3) is 0.300.